The number of anilines is 1. The van der Waals surface area contributed by atoms with E-state index in [9.17, 15) is 0 Å². The van der Waals surface area contributed by atoms with Gasteiger partial charge in [-0.15, -0.1) is 5.92 Å². The van der Waals surface area contributed by atoms with Gasteiger partial charge in [-0.3, -0.25) is 0 Å². The molecule has 0 unspecified atom stereocenters. The molecule has 0 aliphatic heterocycles. The van der Waals surface area contributed by atoms with E-state index in [1.54, 1.807) is 6.92 Å². The molecular weight excluding hydrogens is 140 g/mol. The van der Waals surface area contributed by atoms with Crippen LogP contribution in [0.5, 0.6) is 0 Å². The molecule has 0 atom stereocenters. The van der Waals surface area contributed by atoms with Crippen molar-refractivity contribution in [3.8, 4) is 11.8 Å². The molecule has 3 nitrogen and oxygen atoms in total. The number of nitrogens with one attached hydrogen (secondary N) is 1. The Morgan fingerprint density at radius 3 is 3.09 bits per heavy atom. The van der Waals surface area contributed by atoms with Crippen molar-refractivity contribution in [3.05, 3.63) is 11.8 Å². The molecule has 58 valence electrons. The van der Waals surface area contributed by atoms with Gasteiger partial charge in [-0.1, -0.05) is 11.1 Å². The minimum absolute atomic E-state index is 0.614. The Bertz CT molecular complexity index is 280. The van der Waals surface area contributed by atoms with Crippen LogP contribution in [0.2, 0.25) is 0 Å². The van der Waals surface area contributed by atoms with E-state index in [1.807, 2.05) is 13.0 Å². The molecule has 0 saturated heterocycles. The highest BCUT2D eigenvalue weighted by Gasteiger charge is 1.95. The van der Waals surface area contributed by atoms with E-state index in [4.69, 9.17) is 4.52 Å². The number of hydrogen-bond acceptors (Lipinski definition) is 3. The second-order valence-corrected chi connectivity index (χ2v) is 2.10. The minimum Gasteiger partial charge on any atom is -0.360 e. The van der Waals surface area contributed by atoms with Gasteiger partial charge in [0.25, 0.3) is 0 Å². The first-order chi connectivity index (χ1) is 5.33. The first-order valence-corrected chi connectivity index (χ1v) is 3.39. The summed E-state index contributed by atoms with van der Waals surface area (Å²) in [5.74, 6) is 7.18. The summed E-state index contributed by atoms with van der Waals surface area (Å²) in [7, 11) is 0. The third-order valence-corrected chi connectivity index (χ3v) is 1.16. The normalized spacial score (nSPS) is 8.55. The van der Waals surface area contributed by atoms with E-state index in [-0.39, 0.29) is 0 Å². The fourth-order valence-corrected chi connectivity index (χ4v) is 0.673. The highest BCUT2D eigenvalue weighted by Crippen LogP contribution is 2.05. The fourth-order valence-electron chi connectivity index (χ4n) is 0.673. The molecule has 11 heavy (non-hydrogen) atoms. The third kappa shape index (κ3) is 2.34. The summed E-state index contributed by atoms with van der Waals surface area (Å²) in [4.78, 5) is 0. The average molecular weight is 150 g/mol. The summed E-state index contributed by atoms with van der Waals surface area (Å²) in [6.45, 7) is 4.27. The number of aromatic nitrogens is 1. The molecule has 1 aromatic rings. The van der Waals surface area contributed by atoms with Crippen LogP contribution < -0.4 is 5.32 Å². The Labute approximate surface area is 65.8 Å². The average Bonchev–Trinajstić information content (AvgIpc) is 2.37. The molecular formula is C8H10N2O. The lowest BCUT2D eigenvalue weighted by atomic mass is 10.5. The van der Waals surface area contributed by atoms with Gasteiger partial charge in [-0.25, -0.2) is 0 Å². The molecule has 1 heterocycles. The molecule has 0 aliphatic carbocycles. The summed E-state index contributed by atoms with van der Waals surface area (Å²) in [5, 5.41) is 6.72. The predicted molar refractivity (Wildman–Crippen MR) is 43.2 cm³/mol. The summed E-state index contributed by atoms with van der Waals surface area (Å²) < 4.78 is 4.83. The van der Waals surface area contributed by atoms with Gasteiger partial charge in [0.05, 0.1) is 6.54 Å². The van der Waals surface area contributed by atoms with Crippen LogP contribution in [0, 0.1) is 18.8 Å². The van der Waals surface area contributed by atoms with Crippen LogP contribution in [0.25, 0.3) is 0 Å². The maximum absolute atomic E-state index is 4.83. The van der Waals surface area contributed by atoms with Gasteiger partial charge in [0, 0.05) is 6.07 Å². The Kier molecular flexibility index (Phi) is 2.56. The molecule has 1 N–H and O–H groups in total. The zero-order chi connectivity index (χ0) is 8.10. The van der Waals surface area contributed by atoms with Crippen LogP contribution in [-0.2, 0) is 0 Å². The number of hydrogen-bond donors (Lipinski definition) is 1. The first kappa shape index (κ1) is 7.67. The zero-order valence-electron chi connectivity index (χ0n) is 6.64. The van der Waals surface area contributed by atoms with Crippen molar-refractivity contribution in [2.75, 3.05) is 11.9 Å². The summed E-state index contributed by atoms with van der Waals surface area (Å²) in [6.07, 6.45) is 0. The monoisotopic (exact) mass is 150 g/mol. The van der Waals surface area contributed by atoms with Gasteiger partial charge in [0.2, 0.25) is 0 Å². The first-order valence-electron chi connectivity index (χ1n) is 3.39. The Hall–Kier alpha value is -1.43. The molecule has 0 radical (unpaired) electrons. The standard InChI is InChI=1S/C8H10N2O/c1-3-4-5-9-8-6-7(2)11-10-8/h6H,5H2,1-2H3,(H,9,10). The van der Waals surface area contributed by atoms with E-state index in [1.165, 1.54) is 0 Å². The summed E-state index contributed by atoms with van der Waals surface area (Å²) >= 11 is 0. The Morgan fingerprint density at radius 1 is 1.73 bits per heavy atom. The molecule has 1 rings (SSSR count). The van der Waals surface area contributed by atoms with E-state index < -0.39 is 0 Å². The van der Waals surface area contributed by atoms with Crippen LogP contribution >= 0.6 is 0 Å². The number of aryl methyl sites for hydroxylation is 1. The summed E-state index contributed by atoms with van der Waals surface area (Å²) in [5.41, 5.74) is 0. The molecule has 0 fully saturated rings. The molecule has 0 saturated carbocycles. The van der Waals surface area contributed by atoms with Crippen molar-refractivity contribution < 1.29 is 4.52 Å². The van der Waals surface area contributed by atoms with Crippen molar-refractivity contribution in [2.24, 2.45) is 0 Å². The summed E-state index contributed by atoms with van der Waals surface area (Å²) in [6, 6.07) is 1.83. The van der Waals surface area contributed by atoms with E-state index in [0.29, 0.717) is 6.54 Å². The maximum Gasteiger partial charge on any atom is 0.170 e. The van der Waals surface area contributed by atoms with Crippen molar-refractivity contribution in [2.45, 2.75) is 13.8 Å². The van der Waals surface area contributed by atoms with Crippen molar-refractivity contribution >= 4 is 5.82 Å². The van der Waals surface area contributed by atoms with Crippen molar-refractivity contribution in [3.63, 3.8) is 0 Å². The Balaban J connectivity index is 2.43. The number of rotatable bonds is 2. The van der Waals surface area contributed by atoms with Crippen molar-refractivity contribution in [1.29, 1.82) is 0 Å². The lowest BCUT2D eigenvalue weighted by Gasteiger charge is -1.90. The second-order valence-electron chi connectivity index (χ2n) is 2.10. The second kappa shape index (κ2) is 3.67. The highest BCUT2D eigenvalue weighted by atomic mass is 16.5. The minimum atomic E-state index is 0.614. The molecule has 0 amide bonds. The van der Waals surface area contributed by atoms with Crippen LogP contribution in [0.1, 0.15) is 12.7 Å². The molecule has 0 bridgehead atoms. The molecule has 0 aromatic carbocycles. The van der Waals surface area contributed by atoms with Crippen LogP contribution in [0.4, 0.5) is 5.82 Å². The zero-order valence-corrected chi connectivity index (χ0v) is 6.64. The van der Waals surface area contributed by atoms with E-state index in [0.717, 1.165) is 11.6 Å². The van der Waals surface area contributed by atoms with Crippen LogP contribution in [0.15, 0.2) is 10.6 Å². The van der Waals surface area contributed by atoms with Gasteiger partial charge < -0.3 is 9.84 Å². The SMILES string of the molecule is CC#CCNc1cc(C)on1. The van der Waals surface area contributed by atoms with Gasteiger partial charge in [-0.05, 0) is 13.8 Å². The van der Waals surface area contributed by atoms with Gasteiger partial charge in [0.1, 0.15) is 5.76 Å². The molecule has 0 aliphatic rings. The smallest absolute Gasteiger partial charge is 0.170 e. The molecule has 3 heteroatoms. The maximum atomic E-state index is 4.83. The fraction of sp³-hybridized carbons (Fsp3) is 0.375. The van der Waals surface area contributed by atoms with E-state index >= 15 is 0 Å². The lowest BCUT2D eigenvalue weighted by molar-refractivity contribution is 0.400. The quantitative estimate of drug-likeness (QED) is 0.648. The third-order valence-electron chi connectivity index (χ3n) is 1.16. The highest BCUT2D eigenvalue weighted by molar-refractivity contribution is 5.34. The van der Waals surface area contributed by atoms with E-state index in [2.05, 4.69) is 22.3 Å². The lowest BCUT2D eigenvalue weighted by Crippen LogP contribution is -1.97. The van der Waals surface area contributed by atoms with Crippen molar-refractivity contribution in [1.82, 2.24) is 5.16 Å². The van der Waals surface area contributed by atoms with Crippen LogP contribution in [-0.4, -0.2) is 11.7 Å². The van der Waals surface area contributed by atoms with Gasteiger partial charge >= 0.3 is 0 Å². The molecule has 1 aromatic heterocycles. The van der Waals surface area contributed by atoms with Gasteiger partial charge in [-0.2, -0.15) is 0 Å². The predicted octanol–water partition coefficient (Wildman–Crippen LogP) is 1.42. The van der Waals surface area contributed by atoms with Gasteiger partial charge in [0.15, 0.2) is 5.82 Å². The van der Waals surface area contributed by atoms with Crippen LogP contribution in [0.3, 0.4) is 0 Å². The largest absolute Gasteiger partial charge is 0.360 e. The molecule has 0 spiro atoms. The number of nitrogens with zero attached hydrogens (tertiary/aromatic N) is 1. The Morgan fingerprint density at radius 2 is 2.55 bits per heavy atom. The topological polar surface area (TPSA) is 38.1 Å².